The van der Waals surface area contributed by atoms with Gasteiger partial charge in [-0.15, -0.1) is 0 Å². The summed E-state index contributed by atoms with van der Waals surface area (Å²) >= 11 is 0. The highest BCUT2D eigenvalue weighted by Crippen LogP contribution is 2.38. The SMILES string of the molecule is O=C(CCc1n[nH]c2c1CCCC2)N1CC2CCN(C(=O)C3CC3)C2C1. The molecule has 2 atom stereocenters. The van der Waals surface area contributed by atoms with Gasteiger partial charge in [0.2, 0.25) is 11.8 Å². The van der Waals surface area contributed by atoms with E-state index in [0.29, 0.717) is 18.2 Å². The van der Waals surface area contributed by atoms with Crippen molar-refractivity contribution in [2.75, 3.05) is 19.6 Å². The standard InChI is InChI=1S/C20H28N4O2/c25-19(8-7-17-15-3-1-2-4-16(15)21-22-17)23-11-14-9-10-24(18(14)12-23)20(26)13-5-6-13/h13-14,18H,1-12H2,(H,21,22). The molecule has 2 amide bonds. The number of carbonyl (C=O) groups is 2. The Morgan fingerprint density at radius 1 is 1.12 bits per heavy atom. The molecule has 3 heterocycles. The molecule has 4 aliphatic rings. The number of aromatic nitrogens is 2. The molecule has 2 aliphatic carbocycles. The van der Waals surface area contributed by atoms with E-state index in [2.05, 4.69) is 15.1 Å². The van der Waals surface area contributed by atoms with Crippen LogP contribution in [0, 0.1) is 11.8 Å². The number of fused-ring (bicyclic) bond motifs is 2. The van der Waals surface area contributed by atoms with Crippen molar-refractivity contribution in [3.05, 3.63) is 17.0 Å². The molecular formula is C20H28N4O2. The summed E-state index contributed by atoms with van der Waals surface area (Å²) in [4.78, 5) is 29.3. The summed E-state index contributed by atoms with van der Waals surface area (Å²) in [6, 6.07) is 0.269. The zero-order valence-corrected chi connectivity index (χ0v) is 15.4. The van der Waals surface area contributed by atoms with Crippen molar-refractivity contribution in [3.8, 4) is 0 Å². The van der Waals surface area contributed by atoms with Crippen LogP contribution in [0.25, 0.3) is 0 Å². The number of aromatic amines is 1. The Hall–Kier alpha value is -1.85. The molecule has 1 N–H and O–H groups in total. The number of hydrogen-bond acceptors (Lipinski definition) is 3. The highest BCUT2D eigenvalue weighted by molar-refractivity contribution is 5.82. The van der Waals surface area contributed by atoms with Crippen LogP contribution >= 0.6 is 0 Å². The van der Waals surface area contributed by atoms with E-state index in [4.69, 9.17) is 0 Å². The number of rotatable bonds is 4. The van der Waals surface area contributed by atoms with E-state index in [9.17, 15) is 9.59 Å². The first kappa shape index (κ1) is 16.3. The largest absolute Gasteiger partial charge is 0.340 e. The molecule has 5 rings (SSSR count). The molecule has 26 heavy (non-hydrogen) atoms. The van der Waals surface area contributed by atoms with Crippen molar-refractivity contribution in [3.63, 3.8) is 0 Å². The maximum Gasteiger partial charge on any atom is 0.226 e. The smallest absolute Gasteiger partial charge is 0.226 e. The molecule has 3 fully saturated rings. The second-order valence-corrected chi connectivity index (χ2v) is 8.56. The summed E-state index contributed by atoms with van der Waals surface area (Å²) in [5, 5.41) is 7.63. The van der Waals surface area contributed by atoms with Crippen LogP contribution in [0.3, 0.4) is 0 Å². The minimum absolute atomic E-state index is 0.228. The maximum atomic E-state index is 12.7. The topological polar surface area (TPSA) is 69.3 Å². The molecule has 2 unspecified atom stereocenters. The fraction of sp³-hybridized carbons (Fsp3) is 0.750. The Morgan fingerprint density at radius 2 is 1.96 bits per heavy atom. The van der Waals surface area contributed by atoms with E-state index in [1.807, 2.05) is 4.90 Å². The predicted molar refractivity (Wildman–Crippen MR) is 96.5 cm³/mol. The van der Waals surface area contributed by atoms with Gasteiger partial charge in [0.25, 0.3) is 0 Å². The molecule has 6 nitrogen and oxygen atoms in total. The zero-order chi connectivity index (χ0) is 17.7. The Morgan fingerprint density at radius 3 is 2.81 bits per heavy atom. The van der Waals surface area contributed by atoms with Gasteiger partial charge in [-0.2, -0.15) is 5.10 Å². The van der Waals surface area contributed by atoms with Crippen molar-refractivity contribution < 1.29 is 9.59 Å². The molecular weight excluding hydrogens is 328 g/mol. The zero-order valence-electron chi connectivity index (χ0n) is 15.4. The number of nitrogens with zero attached hydrogens (tertiary/aromatic N) is 3. The van der Waals surface area contributed by atoms with E-state index >= 15 is 0 Å². The summed E-state index contributed by atoms with van der Waals surface area (Å²) in [6.07, 6.45) is 9.10. The van der Waals surface area contributed by atoms with E-state index in [-0.39, 0.29) is 17.9 Å². The van der Waals surface area contributed by atoms with Crippen molar-refractivity contribution in [2.45, 2.75) is 63.8 Å². The Bertz CT molecular complexity index is 723. The Labute approximate surface area is 154 Å². The number of amides is 2. The van der Waals surface area contributed by atoms with Crippen LogP contribution in [-0.2, 0) is 28.9 Å². The van der Waals surface area contributed by atoms with Gasteiger partial charge in [-0.1, -0.05) is 0 Å². The summed E-state index contributed by atoms with van der Waals surface area (Å²) < 4.78 is 0. The number of hydrogen-bond donors (Lipinski definition) is 1. The molecule has 1 aromatic heterocycles. The summed E-state index contributed by atoms with van der Waals surface area (Å²) in [6.45, 7) is 2.46. The van der Waals surface area contributed by atoms with Gasteiger partial charge >= 0.3 is 0 Å². The molecule has 0 bridgehead atoms. The maximum absolute atomic E-state index is 12.7. The summed E-state index contributed by atoms with van der Waals surface area (Å²) in [7, 11) is 0. The van der Waals surface area contributed by atoms with E-state index in [1.54, 1.807) is 0 Å². The molecule has 0 aromatic carbocycles. The van der Waals surface area contributed by atoms with Gasteiger partial charge in [-0.05, 0) is 50.5 Å². The molecule has 0 radical (unpaired) electrons. The Balaban J connectivity index is 1.18. The van der Waals surface area contributed by atoms with Crippen molar-refractivity contribution in [1.82, 2.24) is 20.0 Å². The quantitative estimate of drug-likeness (QED) is 0.893. The van der Waals surface area contributed by atoms with Gasteiger partial charge in [0.1, 0.15) is 0 Å². The number of likely N-dealkylation sites (tertiary alicyclic amines) is 2. The lowest BCUT2D eigenvalue weighted by atomic mass is 9.94. The second-order valence-electron chi connectivity index (χ2n) is 8.56. The van der Waals surface area contributed by atoms with E-state index in [0.717, 1.165) is 63.9 Å². The van der Waals surface area contributed by atoms with Crippen molar-refractivity contribution in [1.29, 1.82) is 0 Å². The molecule has 140 valence electrons. The molecule has 1 aromatic rings. The molecule has 2 saturated heterocycles. The molecule has 2 aliphatic heterocycles. The van der Waals surface area contributed by atoms with Gasteiger partial charge in [0.05, 0.1) is 11.7 Å². The Kier molecular flexibility index (Phi) is 4.02. The van der Waals surface area contributed by atoms with Crippen LogP contribution in [0.15, 0.2) is 0 Å². The summed E-state index contributed by atoms with van der Waals surface area (Å²) in [5.74, 6) is 1.34. The first-order chi connectivity index (χ1) is 12.7. The van der Waals surface area contributed by atoms with Crippen LogP contribution in [0.5, 0.6) is 0 Å². The second kappa shape index (κ2) is 6.39. The van der Waals surface area contributed by atoms with Crippen LogP contribution < -0.4 is 0 Å². The van der Waals surface area contributed by atoms with Gasteiger partial charge in [0, 0.05) is 50.0 Å². The third-order valence-corrected chi connectivity index (χ3v) is 6.83. The van der Waals surface area contributed by atoms with Crippen LogP contribution in [0.2, 0.25) is 0 Å². The highest BCUT2D eigenvalue weighted by atomic mass is 16.2. The molecule has 6 heteroatoms. The minimum Gasteiger partial charge on any atom is -0.340 e. The average Bonchev–Trinajstić information content (AvgIpc) is 3.11. The highest BCUT2D eigenvalue weighted by Gasteiger charge is 2.47. The van der Waals surface area contributed by atoms with Crippen molar-refractivity contribution >= 4 is 11.8 Å². The van der Waals surface area contributed by atoms with Crippen molar-refractivity contribution in [2.24, 2.45) is 11.8 Å². The fourth-order valence-electron chi connectivity index (χ4n) is 5.14. The van der Waals surface area contributed by atoms with E-state index < -0.39 is 0 Å². The van der Waals surface area contributed by atoms with Crippen LogP contribution in [0.1, 0.15) is 55.5 Å². The number of carbonyl (C=O) groups excluding carboxylic acids is 2. The van der Waals surface area contributed by atoms with Gasteiger partial charge in [-0.25, -0.2) is 0 Å². The predicted octanol–water partition coefficient (Wildman–Crippen LogP) is 1.69. The molecule has 1 saturated carbocycles. The number of nitrogens with one attached hydrogen (secondary N) is 1. The van der Waals surface area contributed by atoms with Crippen LogP contribution in [-0.4, -0.2) is 57.5 Å². The number of H-pyrrole nitrogens is 1. The normalized spacial score (nSPS) is 27.5. The lowest BCUT2D eigenvalue weighted by Gasteiger charge is -2.25. The molecule has 0 spiro atoms. The van der Waals surface area contributed by atoms with Gasteiger partial charge in [0.15, 0.2) is 0 Å². The third-order valence-electron chi connectivity index (χ3n) is 6.83. The number of aryl methyl sites for hydroxylation is 2. The average molecular weight is 356 g/mol. The monoisotopic (exact) mass is 356 g/mol. The third kappa shape index (κ3) is 2.83. The van der Waals surface area contributed by atoms with Gasteiger partial charge < -0.3 is 9.80 Å². The van der Waals surface area contributed by atoms with E-state index in [1.165, 1.54) is 24.1 Å². The first-order valence-electron chi connectivity index (χ1n) is 10.3. The minimum atomic E-state index is 0.228. The fourth-order valence-corrected chi connectivity index (χ4v) is 5.14. The van der Waals surface area contributed by atoms with Crippen LogP contribution in [0.4, 0.5) is 0 Å². The lowest BCUT2D eigenvalue weighted by Crippen LogP contribution is -2.41. The summed E-state index contributed by atoms with van der Waals surface area (Å²) in [5.41, 5.74) is 3.74. The van der Waals surface area contributed by atoms with Gasteiger partial charge in [-0.3, -0.25) is 14.7 Å². The first-order valence-corrected chi connectivity index (χ1v) is 10.3. The lowest BCUT2D eigenvalue weighted by molar-refractivity contribution is -0.135.